The number of carbonyl (C=O) groups excluding carboxylic acids is 1. The van der Waals surface area contributed by atoms with E-state index in [9.17, 15) is 4.79 Å². The van der Waals surface area contributed by atoms with Gasteiger partial charge in [0, 0.05) is 0 Å². The molecular weight excluding hydrogens is 172 g/mol. The lowest BCUT2D eigenvalue weighted by Gasteiger charge is -2.36. The fraction of sp³-hybridized carbons (Fsp3) is 0.615. The molecule has 1 nitrogen and oxygen atoms in total. The van der Waals surface area contributed by atoms with Crippen molar-refractivity contribution in [3.63, 3.8) is 0 Å². The summed E-state index contributed by atoms with van der Waals surface area (Å²) in [6.07, 6.45) is 8.32. The average molecular weight is 192 g/mol. The van der Waals surface area contributed by atoms with Crippen LogP contribution < -0.4 is 0 Å². The number of allylic oxidation sites excluding steroid dienone is 4. The molecule has 0 fully saturated rings. The Hall–Kier alpha value is -0.850. The summed E-state index contributed by atoms with van der Waals surface area (Å²) in [5, 5.41) is 0. The van der Waals surface area contributed by atoms with Crippen molar-refractivity contribution in [1.82, 2.24) is 0 Å². The molecule has 0 aliphatic heterocycles. The van der Waals surface area contributed by atoms with Gasteiger partial charge in [0.05, 0.1) is 0 Å². The lowest BCUT2D eigenvalue weighted by Crippen LogP contribution is -2.26. The van der Waals surface area contributed by atoms with Crippen LogP contribution in [0.4, 0.5) is 0 Å². The first kappa shape index (κ1) is 11.2. The van der Waals surface area contributed by atoms with Crippen LogP contribution in [-0.4, -0.2) is 5.78 Å². The summed E-state index contributed by atoms with van der Waals surface area (Å²) in [4.78, 5) is 10.9. The van der Waals surface area contributed by atoms with Crippen LogP contribution in [0.15, 0.2) is 23.8 Å². The van der Waals surface area contributed by atoms with Crippen molar-refractivity contribution in [2.75, 3.05) is 0 Å². The lowest BCUT2D eigenvalue weighted by molar-refractivity contribution is -0.112. The van der Waals surface area contributed by atoms with E-state index >= 15 is 0 Å². The maximum absolute atomic E-state index is 10.9. The molecule has 0 bridgehead atoms. The molecule has 0 saturated carbocycles. The van der Waals surface area contributed by atoms with Crippen LogP contribution >= 0.6 is 0 Å². The number of hydrogen-bond donors (Lipinski definition) is 0. The Morgan fingerprint density at radius 2 is 2.21 bits per heavy atom. The van der Waals surface area contributed by atoms with E-state index in [4.69, 9.17) is 0 Å². The Morgan fingerprint density at radius 3 is 2.79 bits per heavy atom. The van der Waals surface area contributed by atoms with E-state index in [1.807, 2.05) is 6.08 Å². The second kappa shape index (κ2) is 4.12. The minimum atomic E-state index is 0.125. The molecule has 1 rings (SSSR count). The highest BCUT2D eigenvalue weighted by molar-refractivity contribution is 5.87. The molecular formula is C13H20O. The first-order valence-electron chi connectivity index (χ1n) is 5.34. The highest BCUT2D eigenvalue weighted by Gasteiger charge is 2.30. The zero-order valence-corrected chi connectivity index (χ0v) is 9.63. The van der Waals surface area contributed by atoms with Crippen molar-refractivity contribution >= 4 is 5.78 Å². The Balaban J connectivity index is 2.86. The third-order valence-corrected chi connectivity index (χ3v) is 3.44. The van der Waals surface area contributed by atoms with E-state index in [0.717, 1.165) is 6.42 Å². The monoisotopic (exact) mass is 192 g/mol. The van der Waals surface area contributed by atoms with Crippen LogP contribution in [0.3, 0.4) is 0 Å². The molecule has 0 radical (unpaired) electrons. The molecule has 0 aromatic rings. The average Bonchev–Trinajstić information content (AvgIpc) is 2.07. The molecule has 0 N–H and O–H groups in total. The zero-order valence-electron chi connectivity index (χ0n) is 9.63. The van der Waals surface area contributed by atoms with Crippen molar-refractivity contribution in [3.05, 3.63) is 23.8 Å². The van der Waals surface area contributed by atoms with E-state index in [2.05, 4.69) is 26.8 Å². The summed E-state index contributed by atoms with van der Waals surface area (Å²) in [6, 6.07) is 0. The SMILES string of the molecule is CC(=O)/C=C/C1=CCC[C@@H](C)C1(C)C. The number of rotatable bonds is 2. The quantitative estimate of drug-likeness (QED) is 0.612. The standard InChI is InChI=1S/C13H20O/c1-10-6-5-7-12(13(10,3)4)9-8-11(2)14/h7-10H,5-6H2,1-4H3/b9-8+/t10-/m1/s1. The number of hydrogen-bond acceptors (Lipinski definition) is 1. The summed E-state index contributed by atoms with van der Waals surface area (Å²) < 4.78 is 0. The van der Waals surface area contributed by atoms with Crippen molar-refractivity contribution < 1.29 is 4.79 Å². The second-order valence-electron chi connectivity index (χ2n) is 4.80. The van der Waals surface area contributed by atoms with Gasteiger partial charge >= 0.3 is 0 Å². The van der Waals surface area contributed by atoms with Gasteiger partial charge in [-0.2, -0.15) is 0 Å². The van der Waals surface area contributed by atoms with Gasteiger partial charge in [-0.05, 0) is 42.7 Å². The van der Waals surface area contributed by atoms with E-state index in [0.29, 0.717) is 5.92 Å². The molecule has 0 saturated heterocycles. The van der Waals surface area contributed by atoms with E-state index < -0.39 is 0 Å². The van der Waals surface area contributed by atoms with E-state index in [-0.39, 0.29) is 11.2 Å². The van der Waals surface area contributed by atoms with Crippen molar-refractivity contribution in [2.45, 2.75) is 40.5 Å². The van der Waals surface area contributed by atoms with Crippen molar-refractivity contribution in [2.24, 2.45) is 11.3 Å². The molecule has 0 amide bonds. The van der Waals surface area contributed by atoms with Crippen LogP contribution in [0.5, 0.6) is 0 Å². The third-order valence-electron chi connectivity index (χ3n) is 3.44. The van der Waals surface area contributed by atoms with Gasteiger partial charge in [-0.3, -0.25) is 4.79 Å². The fourth-order valence-corrected chi connectivity index (χ4v) is 1.89. The van der Waals surface area contributed by atoms with E-state index in [1.54, 1.807) is 13.0 Å². The van der Waals surface area contributed by atoms with Crippen LogP contribution in [0.1, 0.15) is 40.5 Å². The Morgan fingerprint density at radius 1 is 1.57 bits per heavy atom. The first-order valence-corrected chi connectivity index (χ1v) is 5.34. The summed E-state index contributed by atoms with van der Waals surface area (Å²) in [6.45, 7) is 8.39. The van der Waals surface area contributed by atoms with Gasteiger partial charge in [0.2, 0.25) is 0 Å². The third kappa shape index (κ3) is 2.34. The van der Waals surface area contributed by atoms with Gasteiger partial charge in [0.15, 0.2) is 5.78 Å². The number of carbonyl (C=O) groups is 1. The molecule has 1 atom stereocenters. The highest BCUT2D eigenvalue weighted by Crippen LogP contribution is 2.41. The van der Waals surface area contributed by atoms with Crippen LogP contribution in [0.25, 0.3) is 0 Å². The van der Waals surface area contributed by atoms with Gasteiger partial charge < -0.3 is 0 Å². The first-order chi connectivity index (χ1) is 6.44. The molecule has 14 heavy (non-hydrogen) atoms. The van der Waals surface area contributed by atoms with Crippen LogP contribution in [0.2, 0.25) is 0 Å². The summed E-state index contributed by atoms with van der Waals surface area (Å²) >= 11 is 0. The summed E-state index contributed by atoms with van der Waals surface area (Å²) in [5.74, 6) is 0.819. The smallest absolute Gasteiger partial charge is 0.152 e. The molecule has 0 heterocycles. The normalized spacial score (nSPS) is 26.3. The van der Waals surface area contributed by atoms with Gasteiger partial charge in [0.1, 0.15) is 0 Å². The maximum Gasteiger partial charge on any atom is 0.152 e. The second-order valence-corrected chi connectivity index (χ2v) is 4.80. The summed E-state index contributed by atoms with van der Waals surface area (Å²) in [5.41, 5.74) is 1.52. The van der Waals surface area contributed by atoms with E-state index in [1.165, 1.54) is 12.0 Å². The minimum Gasteiger partial charge on any atom is -0.295 e. The predicted octanol–water partition coefficient (Wildman–Crippen LogP) is 3.51. The molecule has 0 aromatic carbocycles. The highest BCUT2D eigenvalue weighted by atomic mass is 16.1. The molecule has 0 unspecified atom stereocenters. The molecule has 0 spiro atoms. The Labute approximate surface area is 86.9 Å². The fourth-order valence-electron chi connectivity index (χ4n) is 1.89. The van der Waals surface area contributed by atoms with Gasteiger partial charge in [-0.25, -0.2) is 0 Å². The lowest BCUT2D eigenvalue weighted by atomic mass is 9.68. The Kier molecular flexibility index (Phi) is 3.30. The predicted molar refractivity (Wildman–Crippen MR) is 60.1 cm³/mol. The molecule has 1 heteroatoms. The maximum atomic E-state index is 10.9. The van der Waals surface area contributed by atoms with Gasteiger partial charge in [0.25, 0.3) is 0 Å². The van der Waals surface area contributed by atoms with Crippen molar-refractivity contribution in [1.29, 1.82) is 0 Å². The minimum absolute atomic E-state index is 0.125. The van der Waals surface area contributed by atoms with Crippen LogP contribution in [-0.2, 0) is 4.79 Å². The van der Waals surface area contributed by atoms with Gasteiger partial charge in [-0.1, -0.05) is 32.9 Å². The number of ketones is 1. The van der Waals surface area contributed by atoms with Crippen molar-refractivity contribution in [3.8, 4) is 0 Å². The Bertz CT molecular complexity index is 282. The molecule has 1 aliphatic carbocycles. The molecule has 78 valence electrons. The zero-order chi connectivity index (χ0) is 10.8. The largest absolute Gasteiger partial charge is 0.295 e. The molecule has 1 aliphatic rings. The molecule has 0 aromatic heterocycles. The summed E-state index contributed by atoms with van der Waals surface area (Å²) in [7, 11) is 0. The van der Waals surface area contributed by atoms with Gasteiger partial charge in [-0.15, -0.1) is 0 Å². The topological polar surface area (TPSA) is 17.1 Å². The van der Waals surface area contributed by atoms with Crippen LogP contribution in [0, 0.1) is 11.3 Å².